The number of methoxy groups -OCH3 is 1. The average molecular weight is 478 g/mol. The lowest BCUT2D eigenvalue weighted by molar-refractivity contribution is 0.0888. The van der Waals surface area contributed by atoms with E-state index in [9.17, 15) is 0 Å². The molecule has 0 amide bonds. The van der Waals surface area contributed by atoms with Gasteiger partial charge in [-0.2, -0.15) is 0 Å². The van der Waals surface area contributed by atoms with Gasteiger partial charge in [-0.3, -0.25) is 0 Å². The minimum absolute atomic E-state index is 0. The molecule has 1 fully saturated rings. The molecular formula is C18H31IN4O3. The molecule has 1 aliphatic rings. The quantitative estimate of drug-likeness (QED) is 0.233. The van der Waals surface area contributed by atoms with E-state index in [-0.39, 0.29) is 24.0 Å². The molecule has 0 saturated carbocycles. The zero-order valence-corrected chi connectivity index (χ0v) is 18.0. The number of guanidine groups is 1. The zero-order valence-electron chi connectivity index (χ0n) is 15.7. The van der Waals surface area contributed by atoms with E-state index < -0.39 is 0 Å². The van der Waals surface area contributed by atoms with Gasteiger partial charge in [-0.25, -0.2) is 9.98 Å². The van der Waals surface area contributed by atoms with Crippen molar-refractivity contribution in [2.75, 3.05) is 46.6 Å². The van der Waals surface area contributed by atoms with Crippen molar-refractivity contribution in [2.24, 2.45) is 10.9 Å². The fraction of sp³-hybridized carbons (Fsp3) is 0.667. The topological polar surface area (TPSA) is 77.0 Å². The number of rotatable bonds is 10. The van der Waals surface area contributed by atoms with Crippen LogP contribution >= 0.6 is 24.0 Å². The van der Waals surface area contributed by atoms with Crippen LogP contribution in [0.1, 0.15) is 25.3 Å². The molecule has 7 nitrogen and oxygen atoms in total. The lowest BCUT2D eigenvalue weighted by Crippen LogP contribution is -2.38. The van der Waals surface area contributed by atoms with E-state index in [0.717, 1.165) is 63.9 Å². The Morgan fingerprint density at radius 2 is 2.31 bits per heavy atom. The first kappa shape index (κ1) is 22.9. The maximum Gasteiger partial charge on any atom is 0.213 e. The number of nitrogens with zero attached hydrogens (tertiary/aromatic N) is 2. The van der Waals surface area contributed by atoms with Crippen LogP contribution in [0.3, 0.4) is 0 Å². The van der Waals surface area contributed by atoms with Gasteiger partial charge in [-0.05, 0) is 31.4 Å². The number of aromatic nitrogens is 1. The number of hydrogen-bond acceptors (Lipinski definition) is 5. The molecular weight excluding hydrogens is 447 g/mol. The SMILES string of the molecule is CCNC(=NCc1ccnc(OC)c1)NCCCOCC1CCOC1.I. The Hall–Kier alpha value is -1.13. The van der Waals surface area contributed by atoms with E-state index in [4.69, 9.17) is 14.2 Å². The van der Waals surface area contributed by atoms with E-state index in [0.29, 0.717) is 18.3 Å². The van der Waals surface area contributed by atoms with Gasteiger partial charge in [0.05, 0.1) is 26.9 Å². The van der Waals surface area contributed by atoms with E-state index >= 15 is 0 Å². The van der Waals surface area contributed by atoms with Gasteiger partial charge < -0.3 is 24.8 Å². The Bertz CT molecular complexity index is 525. The molecule has 1 aromatic rings. The van der Waals surface area contributed by atoms with Crippen molar-refractivity contribution in [2.45, 2.75) is 26.3 Å². The molecule has 1 aromatic heterocycles. The highest BCUT2D eigenvalue weighted by molar-refractivity contribution is 14.0. The van der Waals surface area contributed by atoms with Crippen LogP contribution in [0.15, 0.2) is 23.3 Å². The van der Waals surface area contributed by atoms with Crippen LogP contribution in [-0.2, 0) is 16.0 Å². The molecule has 26 heavy (non-hydrogen) atoms. The molecule has 0 radical (unpaired) electrons. The lowest BCUT2D eigenvalue weighted by atomic mass is 10.1. The maximum atomic E-state index is 5.71. The Morgan fingerprint density at radius 1 is 1.42 bits per heavy atom. The summed E-state index contributed by atoms with van der Waals surface area (Å²) in [5.74, 6) is 1.99. The molecule has 1 saturated heterocycles. The Balaban J connectivity index is 0.00000338. The van der Waals surface area contributed by atoms with Gasteiger partial charge in [-0.1, -0.05) is 0 Å². The maximum absolute atomic E-state index is 5.71. The molecule has 1 aliphatic heterocycles. The Morgan fingerprint density at radius 3 is 3.04 bits per heavy atom. The second kappa shape index (κ2) is 14.0. The summed E-state index contributed by atoms with van der Waals surface area (Å²) >= 11 is 0. The van der Waals surface area contributed by atoms with Crippen molar-refractivity contribution in [1.82, 2.24) is 15.6 Å². The second-order valence-electron chi connectivity index (χ2n) is 5.99. The molecule has 0 bridgehead atoms. The van der Waals surface area contributed by atoms with E-state index in [2.05, 4.69) is 27.5 Å². The van der Waals surface area contributed by atoms with Gasteiger partial charge in [0, 0.05) is 44.5 Å². The summed E-state index contributed by atoms with van der Waals surface area (Å²) in [6.07, 6.45) is 3.80. The number of aliphatic imine (C=N–C) groups is 1. The highest BCUT2D eigenvalue weighted by atomic mass is 127. The van der Waals surface area contributed by atoms with Crippen LogP contribution in [0, 0.1) is 5.92 Å². The van der Waals surface area contributed by atoms with Crippen LogP contribution in [0.5, 0.6) is 5.88 Å². The largest absolute Gasteiger partial charge is 0.481 e. The fourth-order valence-corrected chi connectivity index (χ4v) is 2.52. The van der Waals surface area contributed by atoms with Gasteiger partial charge in [0.2, 0.25) is 5.88 Å². The third-order valence-electron chi connectivity index (χ3n) is 3.91. The van der Waals surface area contributed by atoms with Crippen molar-refractivity contribution < 1.29 is 14.2 Å². The van der Waals surface area contributed by atoms with Gasteiger partial charge in [-0.15, -0.1) is 24.0 Å². The van der Waals surface area contributed by atoms with Crippen LogP contribution in [0.4, 0.5) is 0 Å². The van der Waals surface area contributed by atoms with E-state index in [1.807, 2.05) is 12.1 Å². The lowest BCUT2D eigenvalue weighted by Gasteiger charge is -2.12. The highest BCUT2D eigenvalue weighted by Gasteiger charge is 2.15. The summed E-state index contributed by atoms with van der Waals surface area (Å²) in [5, 5.41) is 6.59. The van der Waals surface area contributed by atoms with Crippen molar-refractivity contribution in [3.63, 3.8) is 0 Å². The molecule has 2 N–H and O–H groups in total. The number of hydrogen-bond donors (Lipinski definition) is 2. The summed E-state index contributed by atoms with van der Waals surface area (Å²) in [4.78, 5) is 8.70. The standard InChI is InChI=1S/C18H30N4O3.HI/c1-3-19-18(22-12-15-5-8-20-17(11-15)23-2)21-7-4-9-24-13-16-6-10-25-14-16;/h5,8,11,16H,3-4,6-7,9-10,12-14H2,1-2H3,(H2,19,21,22);1H. The first-order valence-electron chi connectivity index (χ1n) is 8.98. The molecule has 0 aliphatic carbocycles. The Kier molecular flexibility index (Phi) is 12.3. The van der Waals surface area contributed by atoms with Crippen LogP contribution in [-0.4, -0.2) is 57.6 Å². The molecule has 148 valence electrons. The monoisotopic (exact) mass is 478 g/mol. The van der Waals surface area contributed by atoms with E-state index in [1.54, 1.807) is 13.3 Å². The van der Waals surface area contributed by atoms with Crippen LogP contribution in [0.2, 0.25) is 0 Å². The first-order chi connectivity index (χ1) is 12.3. The van der Waals surface area contributed by atoms with Crippen LogP contribution < -0.4 is 15.4 Å². The predicted molar refractivity (Wildman–Crippen MR) is 113 cm³/mol. The summed E-state index contributed by atoms with van der Waals surface area (Å²) in [5.41, 5.74) is 1.06. The molecule has 0 aromatic carbocycles. The summed E-state index contributed by atoms with van der Waals surface area (Å²) in [6.45, 7) is 7.56. The molecule has 0 spiro atoms. The summed E-state index contributed by atoms with van der Waals surface area (Å²) in [7, 11) is 1.61. The van der Waals surface area contributed by atoms with Crippen molar-refractivity contribution >= 4 is 29.9 Å². The number of halogens is 1. The summed E-state index contributed by atoms with van der Waals surface area (Å²) in [6, 6.07) is 3.84. The van der Waals surface area contributed by atoms with Crippen molar-refractivity contribution in [3.05, 3.63) is 23.9 Å². The molecule has 1 atom stereocenters. The molecule has 2 rings (SSSR count). The first-order valence-corrected chi connectivity index (χ1v) is 8.98. The average Bonchev–Trinajstić information content (AvgIpc) is 3.16. The number of pyridine rings is 1. The third kappa shape index (κ3) is 9.00. The zero-order chi connectivity index (χ0) is 17.7. The third-order valence-corrected chi connectivity index (χ3v) is 3.91. The Labute approximate surface area is 173 Å². The minimum Gasteiger partial charge on any atom is -0.481 e. The highest BCUT2D eigenvalue weighted by Crippen LogP contribution is 2.12. The smallest absolute Gasteiger partial charge is 0.213 e. The van der Waals surface area contributed by atoms with Gasteiger partial charge in [0.1, 0.15) is 0 Å². The van der Waals surface area contributed by atoms with Crippen molar-refractivity contribution in [1.29, 1.82) is 0 Å². The second-order valence-corrected chi connectivity index (χ2v) is 5.99. The summed E-state index contributed by atoms with van der Waals surface area (Å²) < 4.78 is 16.2. The van der Waals surface area contributed by atoms with Crippen molar-refractivity contribution in [3.8, 4) is 5.88 Å². The van der Waals surface area contributed by atoms with E-state index in [1.165, 1.54) is 0 Å². The molecule has 8 heteroatoms. The van der Waals surface area contributed by atoms with Gasteiger partial charge >= 0.3 is 0 Å². The van der Waals surface area contributed by atoms with Gasteiger partial charge in [0.15, 0.2) is 5.96 Å². The van der Waals surface area contributed by atoms with Crippen LogP contribution in [0.25, 0.3) is 0 Å². The fourth-order valence-electron chi connectivity index (χ4n) is 2.52. The molecule has 2 heterocycles. The number of ether oxygens (including phenoxy) is 3. The normalized spacial score (nSPS) is 16.8. The predicted octanol–water partition coefficient (Wildman–Crippen LogP) is 2.21. The van der Waals surface area contributed by atoms with Gasteiger partial charge in [0.25, 0.3) is 0 Å². The minimum atomic E-state index is 0. The number of nitrogens with one attached hydrogen (secondary N) is 2. The molecule has 1 unspecified atom stereocenters.